The minimum atomic E-state index is -0.408. The second kappa shape index (κ2) is 3.21. The van der Waals surface area contributed by atoms with E-state index in [4.69, 9.17) is 5.26 Å². The van der Waals surface area contributed by atoms with Crippen LogP contribution in [0.3, 0.4) is 0 Å². The minimum absolute atomic E-state index is 0.191. The summed E-state index contributed by atoms with van der Waals surface area (Å²) in [5.74, 6) is -0.408. The highest BCUT2D eigenvalue weighted by Gasteiger charge is 2.47. The molecule has 0 unspecified atom stereocenters. The summed E-state index contributed by atoms with van der Waals surface area (Å²) in [5, 5.41) is 8.95. The van der Waals surface area contributed by atoms with Crippen LogP contribution in [0.5, 0.6) is 0 Å². The smallest absolute Gasteiger partial charge is 0.143 e. The molecule has 1 aromatic carbocycles. The lowest BCUT2D eigenvalue weighted by atomic mass is 9.63. The first-order chi connectivity index (χ1) is 7.74. The van der Waals surface area contributed by atoms with E-state index < -0.39 is 5.82 Å². The van der Waals surface area contributed by atoms with Gasteiger partial charge in [-0.25, -0.2) is 4.39 Å². The summed E-state index contributed by atoms with van der Waals surface area (Å²) in [6.45, 7) is 1.98. The van der Waals surface area contributed by atoms with Crippen LogP contribution < -0.4 is 4.90 Å². The fourth-order valence-corrected chi connectivity index (χ4v) is 2.81. The van der Waals surface area contributed by atoms with E-state index in [0.29, 0.717) is 5.41 Å². The molecule has 0 atom stereocenters. The number of rotatable bonds is 1. The molecule has 1 aliphatic carbocycles. The molecular formula is C13H13FN2. The Morgan fingerprint density at radius 1 is 1.31 bits per heavy atom. The van der Waals surface area contributed by atoms with E-state index in [2.05, 4.69) is 4.90 Å². The second-order valence-electron chi connectivity index (χ2n) is 4.96. The van der Waals surface area contributed by atoms with Gasteiger partial charge in [0.2, 0.25) is 0 Å². The highest BCUT2D eigenvalue weighted by atomic mass is 19.1. The number of benzene rings is 1. The third kappa shape index (κ3) is 1.23. The van der Waals surface area contributed by atoms with Crippen LogP contribution in [0.4, 0.5) is 10.1 Å². The van der Waals surface area contributed by atoms with Gasteiger partial charge in [0.1, 0.15) is 17.4 Å². The maximum Gasteiger partial charge on any atom is 0.143 e. The molecule has 1 saturated carbocycles. The first kappa shape index (κ1) is 9.65. The molecule has 16 heavy (non-hydrogen) atoms. The zero-order valence-corrected chi connectivity index (χ0v) is 9.04. The van der Waals surface area contributed by atoms with Gasteiger partial charge in [-0.1, -0.05) is 12.5 Å². The average Bonchev–Trinajstić information content (AvgIpc) is 2.13. The zero-order chi connectivity index (χ0) is 11.2. The Bertz CT molecular complexity index is 463. The summed E-state index contributed by atoms with van der Waals surface area (Å²) in [7, 11) is 0. The van der Waals surface area contributed by atoms with Crippen molar-refractivity contribution < 1.29 is 4.39 Å². The van der Waals surface area contributed by atoms with Crippen molar-refractivity contribution in [2.45, 2.75) is 19.3 Å². The number of halogens is 1. The fourth-order valence-electron chi connectivity index (χ4n) is 2.81. The number of anilines is 1. The van der Waals surface area contributed by atoms with Crippen LogP contribution in [-0.4, -0.2) is 13.1 Å². The van der Waals surface area contributed by atoms with Crippen molar-refractivity contribution in [2.75, 3.05) is 18.0 Å². The maximum atomic E-state index is 13.4. The molecule has 3 heteroatoms. The van der Waals surface area contributed by atoms with Crippen molar-refractivity contribution in [1.82, 2.24) is 0 Å². The minimum Gasteiger partial charge on any atom is -0.369 e. The molecule has 82 valence electrons. The van der Waals surface area contributed by atoms with Crippen LogP contribution in [0.2, 0.25) is 0 Å². The molecule has 1 saturated heterocycles. The van der Waals surface area contributed by atoms with Crippen molar-refractivity contribution in [3.63, 3.8) is 0 Å². The standard InChI is InChI=1S/C13H13FN2/c14-11-3-1-4-12(10(11)7-15)16-8-13(9-16)5-2-6-13/h1,3-4H,2,5-6,8-9H2. The van der Waals surface area contributed by atoms with Crippen LogP contribution >= 0.6 is 0 Å². The van der Waals surface area contributed by atoms with Gasteiger partial charge in [-0.3, -0.25) is 0 Å². The van der Waals surface area contributed by atoms with E-state index in [1.165, 1.54) is 25.3 Å². The number of nitriles is 1. The summed E-state index contributed by atoms with van der Waals surface area (Å²) in [4.78, 5) is 2.13. The number of nitrogens with zero attached hydrogens (tertiary/aromatic N) is 2. The molecule has 1 spiro atoms. The highest BCUT2D eigenvalue weighted by Crippen LogP contribution is 2.49. The van der Waals surface area contributed by atoms with Crippen LogP contribution in [0.15, 0.2) is 18.2 Å². The lowest BCUT2D eigenvalue weighted by molar-refractivity contribution is 0.0903. The van der Waals surface area contributed by atoms with Crippen LogP contribution in [-0.2, 0) is 0 Å². The zero-order valence-electron chi connectivity index (χ0n) is 9.04. The van der Waals surface area contributed by atoms with Gasteiger partial charge in [-0.05, 0) is 25.0 Å². The quantitative estimate of drug-likeness (QED) is 0.721. The van der Waals surface area contributed by atoms with Crippen molar-refractivity contribution >= 4 is 5.69 Å². The molecule has 0 aromatic heterocycles. The van der Waals surface area contributed by atoms with Gasteiger partial charge in [0.15, 0.2) is 0 Å². The Kier molecular flexibility index (Phi) is 1.94. The van der Waals surface area contributed by atoms with Gasteiger partial charge >= 0.3 is 0 Å². The SMILES string of the molecule is N#Cc1c(F)cccc1N1CC2(CCC2)C1. The van der Waals surface area contributed by atoms with Gasteiger partial charge < -0.3 is 4.90 Å². The van der Waals surface area contributed by atoms with E-state index in [9.17, 15) is 4.39 Å². The van der Waals surface area contributed by atoms with Gasteiger partial charge in [0.05, 0.1) is 5.69 Å². The molecule has 0 amide bonds. The molecule has 2 aliphatic rings. The average molecular weight is 216 g/mol. The Balaban J connectivity index is 1.86. The van der Waals surface area contributed by atoms with Gasteiger partial charge in [0.25, 0.3) is 0 Å². The maximum absolute atomic E-state index is 13.4. The Morgan fingerprint density at radius 3 is 2.62 bits per heavy atom. The van der Waals surface area contributed by atoms with Crippen molar-refractivity contribution in [3.8, 4) is 6.07 Å². The van der Waals surface area contributed by atoms with Crippen molar-refractivity contribution in [1.29, 1.82) is 5.26 Å². The summed E-state index contributed by atoms with van der Waals surface area (Å²) in [6, 6.07) is 6.83. The largest absolute Gasteiger partial charge is 0.369 e. The van der Waals surface area contributed by atoms with Gasteiger partial charge in [-0.15, -0.1) is 0 Å². The topological polar surface area (TPSA) is 27.0 Å². The van der Waals surface area contributed by atoms with E-state index >= 15 is 0 Å². The molecule has 0 N–H and O–H groups in total. The first-order valence-electron chi connectivity index (χ1n) is 5.68. The van der Waals surface area contributed by atoms with E-state index in [0.717, 1.165) is 18.8 Å². The molecule has 3 rings (SSSR count). The normalized spacial score (nSPS) is 21.1. The van der Waals surface area contributed by atoms with E-state index in [1.54, 1.807) is 6.07 Å². The molecule has 1 heterocycles. The molecule has 0 bridgehead atoms. The molecule has 0 radical (unpaired) electrons. The molecular weight excluding hydrogens is 203 g/mol. The van der Waals surface area contributed by atoms with Crippen molar-refractivity contribution in [3.05, 3.63) is 29.6 Å². The van der Waals surface area contributed by atoms with Crippen molar-refractivity contribution in [2.24, 2.45) is 5.41 Å². The third-order valence-corrected chi connectivity index (χ3v) is 3.91. The van der Waals surface area contributed by atoms with Crippen LogP contribution in [0, 0.1) is 22.6 Å². The third-order valence-electron chi connectivity index (χ3n) is 3.91. The van der Waals surface area contributed by atoms with Gasteiger partial charge in [0, 0.05) is 18.5 Å². The summed E-state index contributed by atoms with van der Waals surface area (Å²) in [6.07, 6.45) is 3.91. The molecule has 2 nitrogen and oxygen atoms in total. The molecule has 1 aromatic rings. The fraction of sp³-hybridized carbons (Fsp3) is 0.462. The Hall–Kier alpha value is -1.56. The van der Waals surface area contributed by atoms with Crippen LogP contribution in [0.1, 0.15) is 24.8 Å². The van der Waals surface area contributed by atoms with E-state index in [1.807, 2.05) is 12.1 Å². The summed E-state index contributed by atoms with van der Waals surface area (Å²) in [5.41, 5.74) is 1.45. The van der Waals surface area contributed by atoms with E-state index in [-0.39, 0.29) is 5.56 Å². The lowest BCUT2D eigenvalue weighted by Gasteiger charge is -2.57. The monoisotopic (exact) mass is 216 g/mol. The highest BCUT2D eigenvalue weighted by molar-refractivity contribution is 5.61. The predicted molar refractivity (Wildman–Crippen MR) is 59.6 cm³/mol. The molecule has 1 aliphatic heterocycles. The lowest BCUT2D eigenvalue weighted by Crippen LogP contribution is -2.60. The predicted octanol–water partition coefficient (Wildman–Crippen LogP) is 2.69. The molecule has 2 fully saturated rings. The summed E-state index contributed by atoms with van der Waals surface area (Å²) < 4.78 is 13.4. The Morgan fingerprint density at radius 2 is 2.06 bits per heavy atom. The van der Waals surface area contributed by atoms with Gasteiger partial charge in [-0.2, -0.15) is 5.26 Å². The number of hydrogen-bond acceptors (Lipinski definition) is 2. The summed E-state index contributed by atoms with van der Waals surface area (Å²) >= 11 is 0. The second-order valence-corrected chi connectivity index (χ2v) is 4.96. The van der Waals surface area contributed by atoms with Crippen LogP contribution in [0.25, 0.3) is 0 Å². The Labute approximate surface area is 94.3 Å². The number of hydrogen-bond donors (Lipinski definition) is 0. The first-order valence-corrected chi connectivity index (χ1v) is 5.68.